The zero-order valence-electron chi connectivity index (χ0n) is 8.70. The molecule has 1 rings (SSSR count). The second-order valence-electron chi connectivity index (χ2n) is 3.43. The molecule has 15 heavy (non-hydrogen) atoms. The summed E-state index contributed by atoms with van der Waals surface area (Å²) in [6.07, 6.45) is 0. The molecule has 7 heteroatoms. The van der Waals surface area contributed by atoms with Crippen molar-refractivity contribution in [3.63, 3.8) is 0 Å². The third-order valence-corrected chi connectivity index (χ3v) is 2.41. The van der Waals surface area contributed by atoms with Crippen molar-refractivity contribution >= 4 is 11.9 Å². The first-order valence-corrected chi connectivity index (χ1v) is 4.77. The van der Waals surface area contributed by atoms with Gasteiger partial charge in [-0.3, -0.25) is 15.0 Å². The van der Waals surface area contributed by atoms with Gasteiger partial charge in [-0.2, -0.15) is 0 Å². The second-order valence-corrected chi connectivity index (χ2v) is 3.43. The van der Waals surface area contributed by atoms with Crippen molar-refractivity contribution in [2.45, 2.75) is 13.0 Å². The van der Waals surface area contributed by atoms with Gasteiger partial charge in [-0.25, -0.2) is 4.79 Å². The smallest absolute Gasteiger partial charge is 0.318 e. The Hall–Kier alpha value is -0.850. The summed E-state index contributed by atoms with van der Waals surface area (Å²) in [5.41, 5.74) is 4.87. The van der Waals surface area contributed by atoms with Gasteiger partial charge in [0.15, 0.2) is 0 Å². The van der Waals surface area contributed by atoms with E-state index in [4.69, 9.17) is 5.73 Å². The maximum atomic E-state index is 11.4. The van der Waals surface area contributed by atoms with E-state index in [2.05, 4.69) is 10.6 Å². The van der Waals surface area contributed by atoms with Crippen LogP contribution in [0, 0.1) is 0 Å². The van der Waals surface area contributed by atoms with Crippen molar-refractivity contribution in [1.82, 2.24) is 10.2 Å². The minimum absolute atomic E-state index is 0. The van der Waals surface area contributed by atoms with Crippen molar-refractivity contribution in [2.75, 3.05) is 26.2 Å². The van der Waals surface area contributed by atoms with Crippen LogP contribution in [0.25, 0.3) is 0 Å². The summed E-state index contributed by atoms with van der Waals surface area (Å²) in [5, 5.41) is 4.29. The first kappa shape index (κ1) is 14.2. The topological polar surface area (TPSA) is 92.0 Å². The number of halogens is 1. The van der Waals surface area contributed by atoms with Gasteiger partial charge in [0.05, 0.1) is 19.1 Å². The molecule has 1 atom stereocenters. The van der Waals surface area contributed by atoms with E-state index in [1.54, 1.807) is 6.92 Å². The number of piperazine rings is 1. The number of nitrogens with zero attached hydrogens (tertiary/aromatic N) is 1. The number of carbonyl (C=O) groups is 2. The van der Waals surface area contributed by atoms with E-state index in [1.807, 2.05) is 4.90 Å². The van der Waals surface area contributed by atoms with Gasteiger partial charge in [0.25, 0.3) is 0 Å². The first-order chi connectivity index (χ1) is 6.61. The molecular formula is C8H17ClN4O2. The van der Waals surface area contributed by atoms with Gasteiger partial charge in [-0.05, 0) is 6.92 Å². The summed E-state index contributed by atoms with van der Waals surface area (Å²) in [5.74, 6) is -0.320. The zero-order valence-corrected chi connectivity index (χ0v) is 9.46. The van der Waals surface area contributed by atoms with Gasteiger partial charge in [-0.15, -0.1) is 0 Å². The number of nitrogens with one attached hydrogen (secondary N) is 1. The van der Waals surface area contributed by atoms with Crippen molar-refractivity contribution in [3.8, 4) is 0 Å². The van der Waals surface area contributed by atoms with E-state index in [1.165, 1.54) is 0 Å². The molecule has 0 aromatic carbocycles. The number of urea groups is 1. The summed E-state index contributed by atoms with van der Waals surface area (Å²) < 4.78 is 0. The Kier molecular flexibility index (Phi) is 6.23. The quantitative estimate of drug-likeness (QED) is 0.447. The van der Waals surface area contributed by atoms with E-state index in [-0.39, 0.29) is 24.4 Å². The lowest BCUT2D eigenvalue weighted by atomic mass is 10.2. The molecule has 0 bridgehead atoms. The number of imide groups is 1. The summed E-state index contributed by atoms with van der Waals surface area (Å²) in [4.78, 5) is 23.9. The van der Waals surface area contributed by atoms with Crippen LogP contribution in [-0.4, -0.2) is 49.1 Å². The number of carbonyl (C=O) groups excluding carboxylic acids is 2. The van der Waals surface area contributed by atoms with Crippen molar-refractivity contribution in [1.29, 1.82) is 0 Å². The fourth-order valence-electron chi connectivity index (χ4n) is 1.55. The fourth-order valence-corrected chi connectivity index (χ4v) is 1.55. The number of hydrogen-bond donors (Lipinski definition) is 3. The molecule has 0 aliphatic carbocycles. The van der Waals surface area contributed by atoms with Crippen LogP contribution < -0.4 is 28.8 Å². The lowest BCUT2D eigenvalue weighted by Crippen LogP contribution is -3.00. The van der Waals surface area contributed by atoms with E-state index in [9.17, 15) is 9.59 Å². The molecule has 1 fully saturated rings. The van der Waals surface area contributed by atoms with E-state index < -0.39 is 6.03 Å². The fraction of sp³-hybridized carbons (Fsp3) is 0.750. The molecular weight excluding hydrogens is 220 g/mol. The highest BCUT2D eigenvalue weighted by atomic mass is 35.5. The van der Waals surface area contributed by atoms with Crippen LogP contribution in [0.2, 0.25) is 0 Å². The van der Waals surface area contributed by atoms with Gasteiger partial charge in [0.2, 0.25) is 5.91 Å². The molecule has 1 saturated heterocycles. The van der Waals surface area contributed by atoms with E-state index >= 15 is 0 Å². The molecule has 0 saturated carbocycles. The maximum Gasteiger partial charge on any atom is 0.318 e. The van der Waals surface area contributed by atoms with Crippen molar-refractivity contribution < 1.29 is 27.3 Å². The van der Waals surface area contributed by atoms with E-state index in [0.717, 1.165) is 26.2 Å². The zero-order chi connectivity index (χ0) is 10.6. The Morgan fingerprint density at radius 3 is 2.40 bits per heavy atom. The van der Waals surface area contributed by atoms with Gasteiger partial charge in [0, 0.05) is 13.1 Å². The van der Waals surface area contributed by atoms with E-state index in [0.29, 0.717) is 0 Å². The Morgan fingerprint density at radius 2 is 1.93 bits per heavy atom. The second kappa shape index (κ2) is 6.60. The minimum Gasteiger partial charge on any atom is -1.00 e. The normalized spacial score (nSPS) is 18.7. The molecule has 3 amide bonds. The molecule has 1 unspecified atom stereocenters. The Labute approximate surface area is 95.0 Å². The molecule has 1 heterocycles. The molecule has 88 valence electrons. The highest BCUT2D eigenvalue weighted by Crippen LogP contribution is 1.98. The molecule has 1 aliphatic rings. The Bertz CT molecular complexity index is 231. The Morgan fingerprint density at radius 1 is 1.40 bits per heavy atom. The number of rotatable bonds is 2. The van der Waals surface area contributed by atoms with Gasteiger partial charge >= 0.3 is 6.03 Å². The lowest BCUT2D eigenvalue weighted by molar-refractivity contribution is -0.663. The molecule has 0 radical (unpaired) electrons. The van der Waals surface area contributed by atoms with Crippen LogP contribution in [0.1, 0.15) is 6.92 Å². The molecule has 0 aromatic rings. The first-order valence-electron chi connectivity index (χ1n) is 4.77. The van der Waals surface area contributed by atoms with Crippen LogP contribution in [0.4, 0.5) is 4.79 Å². The third-order valence-electron chi connectivity index (χ3n) is 2.41. The van der Waals surface area contributed by atoms with Crippen LogP contribution in [0.15, 0.2) is 0 Å². The average molecular weight is 237 g/mol. The predicted octanol–water partition coefficient (Wildman–Crippen LogP) is -5.55. The number of primary amides is 1. The summed E-state index contributed by atoms with van der Waals surface area (Å²) >= 11 is 0. The predicted molar refractivity (Wildman–Crippen MR) is 50.4 cm³/mol. The van der Waals surface area contributed by atoms with Crippen LogP contribution in [0.5, 0.6) is 0 Å². The highest BCUT2D eigenvalue weighted by Gasteiger charge is 2.24. The third kappa shape index (κ3) is 4.46. The number of hydrogen-bond acceptors (Lipinski definition) is 3. The standard InChI is InChI=1S/C8H16N4O2.ClH/c1-6(7(13)11-8(9)14)12-4-2-10-3-5-12;/h6,10H,2-5H2,1H3,(H3,9,11,13,14);1H. The minimum atomic E-state index is -0.787. The van der Waals surface area contributed by atoms with Crippen molar-refractivity contribution in [3.05, 3.63) is 0 Å². The molecule has 0 spiro atoms. The summed E-state index contributed by atoms with van der Waals surface area (Å²) in [6, 6.07) is -1.07. The van der Waals surface area contributed by atoms with Crippen LogP contribution in [-0.2, 0) is 4.79 Å². The van der Waals surface area contributed by atoms with Gasteiger partial charge in [-0.1, -0.05) is 0 Å². The van der Waals surface area contributed by atoms with Gasteiger partial charge < -0.3 is 23.5 Å². The maximum absolute atomic E-state index is 11.4. The SMILES string of the molecule is CC(C(=O)NC(N)=O)N1CC[NH2+]CC1.[Cl-]. The monoisotopic (exact) mass is 236 g/mol. The number of nitrogens with two attached hydrogens (primary N) is 2. The summed E-state index contributed by atoms with van der Waals surface area (Å²) in [7, 11) is 0. The van der Waals surface area contributed by atoms with Crippen LogP contribution >= 0.6 is 0 Å². The van der Waals surface area contributed by atoms with Crippen molar-refractivity contribution in [2.24, 2.45) is 5.73 Å². The molecule has 1 aliphatic heterocycles. The average Bonchev–Trinajstić information content (AvgIpc) is 2.17. The lowest BCUT2D eigenvalue weighted by Gasteiger charge is -2.29. The molecule has 5 N–H and O–H groups in total. The van der Waals surface area contributed by atoms with Crippen LogP contribution in [0.3, 0.4) is 0 Å². The number of amides is 3. The Balaban J connectivity index is 0.00000196. The summed E-state index contributed by atoms with van der Waals surface area (Å²) in [6.45, 7) is 5.51. The highest BCUT2D eigenvalue weighted by molar-refractivity contribution is 5.96. The number of quaternary nitrogens is 1. The largest absolute Gasteiger partial charge is 1.00 e. The molecule has 0 aromatic heterocycles. The van der Waals surface area contributed by atoms with Gasteiger partial charge in [0.1, 0.15) is 0 Å². The molecule has 6 nitrogen and oxygen atoms in total.